The van der Waals surface area contributed by atoms with Crippen LogP contribution in [0.15, 0.2) is 41.3 Å². The van der Waals surface area contributed by atoms with Gasteiger partial charge in [-0.15, -0.1) is 0 Å². The number of hydrogen-bond acceptors (Lipinski definition) is 4. The van der Waals surface area contributed by atoms with Gasteiger partial charge < -0.3 is 19.5 Å². The van der Waals surface area contributed by atoms with Gasteiger partial charge in [-0.25, -0.2) is 9.18 Å². The van der Waals surface area contributed by atoms with Crippen LogP contribution in [0.4, 0.5) is 4.39 Å². The number of pyridine rings is 1. The summed E-state index contributed by atoms with van der Waals surface area (Å²) in [6.45, 7) is 4.00. The maximum Gasteiger partial charge on any atom is 0.341 e. The number of hydrogen-bond donors (Lipinski definition) is 2. The summed E-state index contributed by atoms with van der Waals surface area (Å²) in [6.07, 6.45) is 2.45. The van der Waals surface area contributed by atoms with E-state index in [-0.39, 0.29) is 35.0 Å². The number of aliphatic hydroxyl groups excluding tert-OH is 1. The molecule has 6 nitrogen and oxygen atoms in total. The van der Waals surface area contributed by atoms with Crippen molar-refractivity contribution in [1.82, 2.24) is 4.57 Å². The molecule has 1 aromatic heterocycles. The SMILES string of the molecule is CCOc1cc2c(cc1Cc1cccc(Cl)c1F)c(=O)c(C(=O)O)cn2[C@@H](CC)CCO. The summed E-state index contributed by atoms with van der Waals surface area (Å²) >= 11 is 5.91. The number of ether oxygens (including phenoxy) is 1. The van der Waals surface area contributed by atoms with Crippen LogP contribution >= 0.6 is 11.6 Å². The zero-order valence-electron chi connectivity index (χ0n) is 17.9. The van der Waals surface area contributed by atoms with E-state index in [2.05, 4.69) is 0 Å². The maximum atomic E-state index is 14.5. The summed E-state index contributed by atoms with van der Waals surface area (Å²) in [6, 6.07) is 7.72. The fourth-order valence-corrected chi connectivity index (χ4v) is 4.08. The van der Waals surface area contributed by atoms with Crippen LogP contribution in [0.1, 0.15) is 54.2 Å². The molecule has 2 aromatic carbocycles. The summed E-state index contributed by atoms with van der Waals surface area (Å²) in [5.41, 5.74) is 0.386. The van der Waals surface area contributed by atoms with Gasteiger partial charge in [0.15, 0.2) is 0 Å². The summed E-state index contributed by atoms with van der Waals surface area (Å²) in [5.74, 6) is -1.42. The van der Waals surface area contributed by atoms with E-state index in [0.29, 0.717) is 41.8 Å². The second kappa shape index (κ2) is 10.1. The second-order valence-corrected chi connectivity index (χ2v) is 7.87. The Morgan fingerprint density at radius 3 is 2.62 bits per heavy atom. The smallest absolute Gasteiger partial charge is 0.341 e. The molecule has 0 spiro atoms. The standard InChI is InChI=1S/C24H25ClFNO5/c1-3-16(8-9-28)27-13-18(24(30)31)23(29)17-11-15(21(32-4-2)12-20(17)27)10-14-6-5-7-19(25)22(14)26/h5-7,11-13,16,28H,3-4,8-10H2,1-2H3,(H,30,31)/t16-/m0/s1. The number of fused-ring (bicyclic) bond motifs is 1. The first kappa shape index (κ1) is 23.8. The van der Waals surface area contributed by atoms with E-state index in [1.54, 1.807) is 28.8 Å². The van der Waals surface area contributed by atoms with E-state index in [0.717, 1.165) is 0 Å². The number of aromatic carboxylic acids is 1. The van der Waals surface area contributed by atoms with Crippen LogP contribution < -0.4 is 10.2 Å². The fraction of sp³-hybridized carbons (Fsp3) is 0.333. The molecule has 1 heterocycles. The lowest BCUT2D eigenvalue weighted by Gasteiger charge is -2.23. The Morgan fingerprint density at radius 2 is 2.00 bits per heavy atom. The number of halogens is 2. The van der Waals surface area contributed by atoms with E-state index in [1.807, 2.05) is 13.8 Å². The van der Waals surface area contributed by atoms with Gasteiger partial charge in [0, 0.05) is 36.7 Å². The molecule has 3 aromatic rings. The van der Waals surface area contributed by atoms with Crippen LogP contribution in [-0.2, 0) is 6.42 Å². The van der Waals surface area contributed by atoms with Crippen LogP contribution in [0.2, 0.25) is 5.02 Å². The van der Waals surface area contributed by atoms with Crippen LogP contribution in [0.25, 0.3) is 10.9 Å². The Bertz CT molecular complexity index is 1210. The van der Waals surface area contributed by atoms with Gasteiger partial charge in [-0.05, 0) is 43.0 Å². The van der Waals surface area contributed by atoms with Gasteiger partial charge in [-0.1, -0.05) is 30.7 Å². The average Bonchev–Trinajstić information content (AvgIpc) is 2.76. The predicted octanol–water partition coefficient (Wildman–Crippen LogP) is 4.82. The zero-order valence-corrected chi connectivity index (χ0v) is 18.7. The van der Waals surface area contributed by atoms with Crippen molar-refractivity contribution in [2.75, 3.05) is 13.2 Å². The molecule has 0 aliphatic heterocycles. The molecular formula is C24H25ClFNO5. The quantitative estimate of drug-likeness (QED) is 0.477. The minimum Gasteiger partial charge on any atom is -0.494 e. The molecule has 0 unspecified atom stereocenters. The Morgan fingerprint density at radius 1 is 1.25 bits per heavy atom. The van der Waals surface area contributed by atoms with Gasteiger partial charge >= 0.3 is 5.97 Å². The molecule has 0 saturated heterocycles. The van der Waals surface area contributed by atoms with Gasteiger partial charge in [0.25, 0.3) is 0 Å². The van der Waals surface area contributed by atoms with E-state index in [4.69, 9.17) is 16.3 Å². The van der Waals surface area contributed by atoms with Crippen molar-refractivity contribution < 1.29 is 24.1 Å². The molecule has 170 valence electrons. The summed E-state index contributed by atoms with van der Waals surface area (Å²) in [4.78, 5) is 24.8. The number of benzene rings is 2. The van der Waals surface area contributed by atoms with Crippen molar-refractivity contribution in [3.8, 4) is 5.75 Å². The fourth-order valence-electron chi connectivity index (χ4n) is 3.88. The number of carboxylic acid groups (broad SMARTS) is 1. The third-order valence-electron chi connectivity index (χ3n) is 5.48. The van der Waals surface area contributed by atoms with Crippen LogP contribution in [-0.4, -0.2) is 34.0 Å². The lowest BCUT2D eigenvalue weighted by molar-refractivity contribution is 0.0694. The number of aliphatic hydroxyl groups is 1. The highest BCUT2D eigenvalue weighted by Crippen LogP contribution is 2.31. The number of carboxylic acids is 1. The Hall–Kier alpha value is -2.90. The third kappa shape index (κ3) is 4.64. The van der Waals surface area contributed by atoms with E-state index >= 15 is 0 Å². The summed E-state index contributed by atoms with van der Waals surface area (Å²) < 4.78 is 22.0. The van der Waals surface area contributed by atoms with Crippen molar-refractivity contribution >= 4 is 28.5 Å². The molecule has 1 atom stereocenters. The number of rotatable bonds is 9. The molecule has 0 fully saturated rings. The lowest BCUT2D eigenvalue weighted by Crippen LogP contribution is -2.22. The van der Waals surface area contributed by atoms with Gasteiger partial charge in [-0.2, -0.15) is 0 Å². The molecular weight excluding hydrogens is 437 g/mol. The van der Waals surface area contributed by atoms with Crippen molar-refractivity contribution in [2.24, 2.45) is 0 Å². The molecule has 0 saturated carbocycles. The van der Waals surface area contributed by atoms with Crippen LogP contribution in [0.5, 0.6) is 5.75 Å². The average molecular weight is 462 g/mol. The number of aromatic nitrogens is 1. The molecule has 0 aliphatic rings. The van der Waals surface area contributed by atoms with Gasteiger partial charge in [0.05, 0.1) is 17.1 Å². The molecule has 0 radical (unpaired) electrons. The zero-order chi connectivity index (χ0) is 23.4. The molecule has 0 bridgehead atoms. The van der Waals surface area contributed by atoms with Crippen molar-refractivity contribution in [2.45, 2.75) is 39.2 Å². The first-order valence-electron chi connectivity index (χ1n) is 10.4. The highest BCUT2D eigenvalue weighted by molar-refractivity contribution is 6.30. The van der Waals surface area contributed by atoms with E-state index in [9.17, 15) is 24.2 Å². The van der Waals surface area contributed by atoms with Gasteiger partial charge in [-0.3, -0.25) is 4.79 Å². The first-order chi connectivity index (χ1) is 15.3. The van der Waals surface area contributed by atoms with Crippen molar-refractivity contribution in [3.05, 3.63) is 74.3 Å². The molecule has 0 amide bonds. The Labute approximate surface area is 189 Å². The molecule has 8 heteroatoms. The number of nitrogens with zero attached hydrogens (tertiary/aromatic N) is 1. The first-order valence-corrected chi connectivity index (χ1v) is 10.8. The normalized spacial score (nSPS) is 12.2. The van der Waals surface area contributed by atoms with Crippen molar-refractivity contribution in [3.63, 3.8) is 0 Å². The van der Waals surface area contributed by atoms with Crippen LogP contribution in [0, 0.1) is 5.82 Å². The van der Waals surface area contributed by atoms with E-state index < -0.39 is 17.2 Å². The molecule has 2 N–H and O–H groups in total. The van der Waals surface area contributed by atoms with E-state index in [1.165, 1.54) is 12.3 Å². The highest BCUT2D eigenvalue weighted by atomic mass is 35.5. The third-order valence-corrected chi connectivity index (χ3v) is 5.78. The molecule has 3 rings (SSSR count). The molecule has 0 aliphatic carbocycles. The Balaban J connectivity index is 2.31. The predicted molar refractivity (Wildman–Crippen MR) is 122 cm³/mol. The summed E-state index contributed by atoms with van der Waals surface area (Å²) in [7, 11) is 0. The monoisotopic (exact) mass is 461 g/mol. The minimum atomic E-state index is -1.33. The second-order valence-electron chi connectivity index (χ2n) is 7.46. The lowest BCUT2D eigenvalue weighted by atomic mass is 9.99. The summed E-state index contributed by atoms with van der Waals surface area (Å²) in [5, 5.41) is 19.2. The van der Waals surface area contributed by atoms with Gasteiger partial charge in [0.1, 0.15) is 17.1 Å². The van der Waals surface area contributed by atoms with Crippen molar-refractivity contribution in [1.29, 1.82) is 0 Å². The number of carbonyl (C=O) groups is 1. The largest absolute Gasteiger partial charge is 0.494 e. The maximum absolute atomic E-state index is 14.5. The van der Waals surface area contributed by atoms with Crippen LogP contribution in [0.3, 0.4) is 0 Å². The highest BCUT2D eigenvalue weighted by Gasteiger charge is 2.21. The Kier molecular flexibility index (Phi) is 7.53. The minimum absolute atomic E-state index is 0.00782. The topological polar surface area (TPSA) is 88.8 Å². The van der Waals surface area contributed by atoms with Gasteiger partial charge in [0.2, 0.25) is 5.43 Å². The molecule has 32 heavy (non-hydrogen) atoms.